The van der Waals surface area contributed by atoms with Crippen molar-refractivity contribution in [3.63, 3.8) is 0 Å². The highest BCUT2D eigenvalue weighted by Gasteiger charge is 1.98. The van der Waals surface area contributed by atoms with Crippen LogP contribution in [0.15, 0.2) is 5.38 Å². The van der Waals surface area contributed by atoms with Gasteiger partial charge in [0.2, 0.25) is 5.88 Å². The molecular formula is C6H7NO2S. The van der Waals surface area contributed by atoms with Crippen LogP contribution in [0.25, 0.3) is 0 Å². The lowest BCUT2D eigenvalue weighted by atomic mass is 10.7. The van der Waals surface area contributed by atoms with Crippen molar-refractivity contribution >= 4 is 17.6 Å². The molecule has 0 unspecified atom stereocenters. The quantitative estimate of drug-likeness (QED) is 0.622. The Morgan fingerprint density at radius 2 is 2.70 bits per heavy atom. The second kappa shape index (κ2) is 3.31. The molecule has 0 aromatic carbocycles. The summed E-state index contributed by atoms with van der Waals surface area (Å²) in [6.45, 7) is 2.46. The van der Waals surface area contributed by atoms with Crippen molar-refractivity contribution < 1.29 is 9.53 Å². The van der Waals surface area contributed by atoms with Gasteiger partial charge in [-0.1, -0.05) is 0 Å². The Labute approximate surface area is 62.7 Å². The molecule has 0 amide bonds. The van der Waals surface area contributed by atoms with Crippen molar-refractivity contribution in [1.29, 1.82) is 0 Å². The van der Waals surface area contributed by atoms with Gasteiger partial charge in [0.25, 0.3) is 0 Å². The second-order valence-corrected chi connectivity index (χ2v) is 2.46. The molecule has 3 nitrogen and oxygen atoms in total. The summed E-state index contributed by atoms with van der Waals surface area (Å²) in [5.41, 5.74) is 0. The predicted octanol–water partition coefficient (Wildman–Crippen LogP) is 1.35. The molecule has 1 aromatic heterocycles. The Morgan fingerprint density at radius 3 is 3.20 bits per heavy atom. The number of aromatic nitrogens is 1. The van der Waals surface area contributed by atoms with Crippen molar-refractivity contribution in [2.45, 2.75) is 6.92 Å². The van der Waals surface area contributed by atoms with Gasteiger partial charge in [0.1, 0.15) is 0 Å². The molecule has 0 radical (unpaired) electrons. The van der Waals surface area contributed by atoms with Crippen LogP contribution in [-0.4, -0.2) is 17.9 Å². The van der Waals surface area contributed by atoms with Crippen LogP contribution in [0, 0.1) is 0 Å². The first-order valence-corrected chi connectivity index (χ1v) is 3.78. The average Bonchev–Trinajstić information content (AvgIpc) is 2.37. The molecule has 1 rings (SSSR count). The normalized spacial score (nSPS) is 9.30. The maximum Gasteiger partial charge on any atom is 0.225 e. The third-order valence-electron chi connectivity index (χ3n) is 0.894. The molecule has 0 spiro atoms. The summed E-state index contributed by atoms with van der Waals surface area (Å²) in [6, 6.07) is 0. The fraction of sp³-hybridized carbons (Fsp3) is 0.333. The number of thiazole rings is 1. The Kier molecular flexibility index (Phi) is 2.39. The van der Waals surface area contributed by atoms with Crippen LogP contribution in [0.1, 0.15) is 16.7 Å². The number of nitrogens with zero attached hydrogens (tertiary/aromatic N) is 1. The lowest BCUT2D eigenvalue weighted by Crippen LogP contribution is -1.91. The van der Waals surface area contributed by atoms with E-state index in [-0.39, 0.29) is 0 Å². The van der Waals surface area contributed by atoms with Crippen LogP contribution >= 0.6 is 11.3 Å². The highest BCUT2D eigenvalue weighted by atomic mass is 32.1. The van der Waals surface area contributed by atoms with Gasteiger partial charge in [0.15, 0.2) is 11.3 Å². The molecule has 0 aliphatic carbocycles. The van der Waals surface area contributed by atoms with Gasteiger partial charge in [0.05, 0.1) is 12.0 Å². The van der Waals surface area contributed by atoms with Gasteiger partial charge in [-0.25, -0.2) is 0 Å². The molecule has 10 heavy (non-hydrogen) atoms. The van der Waals surface area contributed by atoms with Crippen LogP contribution in [0.5, 0.6) is 5.88 Å². The zero-order valence-electron chi connectivity index (χ0n) is 5.53. The summed E-state index contributed by atoms with van der Waals surface area (Å²) in [6.07, 6.45) is 0.715. The Hall–Kier alpha value is -0.900. The molecule has 0 saturated heterocycles. The maximum absolute atomic E-state index is 10.1. The lowest BCUT2D eigenvalue weighted by Gasteiger charge is -1.92. The van der Waals surface area contributed by atoms with Crippen LogP contribution in [0.4, 0.5) is 0 Å². The van der Waals surface area contributed by atoms with Gasteiger partial charge < -0.3 is 4.74 Å². The van der Waals surface area contributed by atoms with Gasteiger partial charge >= 0.3 is 0 Å². The smallest absolute Gasteiger partial charge is 0.225 e. The van der Waals surface area contributed by atoms with Gasteiger partial charge in [-0.3, -0.25) is 4.79 Å². The molecule has 0 saturated carbocycles. The van der Waals surface area contributed by atoms with Crippen molar-refractivity contribution in [2.24, 2.45) is 0 Å². The van der Waals surface area contributed by atoms with Crippen molar-refractivity contribution in [3.05, 3.63) is 10.4 Å². The van der Waals surface area contributed by atoms with Crippen molar-refractivity contribution in [2.75, 3.05) is 6.61 Å². The molecular weight excluding hydrogens is 150 g/mol. The molecule has 0 aliphatic heterocycles. The molecule has 0 aliphatic rings. The van der Waals surface area contributed by atoms with Crippen LogP contribution in [0.3, 0.4) is 0 Å². The lowest BCUT2D eigenvalue weighted by molar-refractivity contribution is 0.112. The Morgan fingerprint density at radius 1 is 1.90 bits per heavy atom. The third-order valence-corrected chi connectivity index (χ3v) is 1.64. The number of ether oxygens (including phenoxy) is 1. The number of rotatable bonds is 3. The van der Waals surface area contributed by atoms with Gasteiger partial charge in [-0.15, -0.1) is 11.3 Å². The van der Waals surface area contributed by atoms with E-state index in [2.05, 4.69) is 4.98 Å². The monoisotopic (exact) mass is 157 g/mol. The van der Waals surface area contributed by atoms with Crippen molar-refractivity contribution in [1.82, 2.24) is 4.98 Å². The number of hydrogen-bond donors (Lipinski definition) is 0. The number of aldehydes is 1. The van der Waals surface area contributed by atoms with E-state index in [1.807, 2.05) is 6.92 Å². The fourth-order valence-electron chi connectivity index (χ4n) is 0.540. The van der Waals surface area contributed by atoms with E-state index in [0.717, 1.165) is 0 Å². The summed E-state index contributed by atoms with van der Waals surface area (Å²) >= 11 is 1.29. The minimum absolute atomic E-state index is 0.462. The molecule has 1 heterocycles. The highest BCUT2D eigenvalue weighted by Crippen LogP contribution is 2.13. The SMILES string of the molecule is CCOc1csc(C=O)n1. The van der Waals surface area contributed by atoms with Crippen LogP contribution < -0.4 is 4.74 Å². The summed E-state index contributed by atoms with van der Waals surface area (Å²) in [5, 5.41) is 2.18. The van der Waals surface area contributed by atoms with E-state index < -0.39 is 0 Å². The highest BCUT2D eigenvalue weighted by molar-refractivity contribution is 7.11. The van der Waals surface area contributed by atoms with E-state index >= 15 is 0 Å². The van der Waals surface area contributed by atoms with E-state index in [9.17, 15) is 4.79 Å². The zero-order valence-corrected chi connectivity index (χ0v) is 6.35. The molecule has 1 aromatic rings. The standard InChI is InChI=1S/C6H7NO2S/c1-2-9-5-4-10-6(3-8)7-5/h3-4H,2H2,1H3. The van der Waals surface area contributed by atoms with Gasteiger partial charge in [-0.05, 0) is 6.92 Å². The molecule has 0 atom stereocenters. The Bertz CT molecular complexity index is 221. The molecule has 0 fully saturated rings. The average molecular weight is 157 g/mol. The topological polar surface area (TPSA) is 39.2 Å². The van der Waals surface area contributed by atoms with Gasteiger partial charge in [-0.2, -0.15) is 4.98 Å². The van der Waals surface area contributed by atoms with E-state index in [1.54, 1.807) is 5.38 Å². The molecule has 0 N–H and O–H groups in total. The predicted molar refractivity (Wildman–Crippen MR) is 38.7 cm³/mol. The van der Waals surface area contributed by atoms with E-state index in [1.165, 1.54) is 11.3 Å². The summed E-state index contributed by atoms with van der Waals surface area (Å²) in [5.74, 6) is 0.537. The van der Waals surface area contributed by atoms with E-state index in [0.29, 0.717) is 23.8 Å². The summed E-state index contributed by atoms with van der Waals surface area (Å²) in [4.78, 5) is 14.0. The largest absolute Gasteiger partial charge is 0.477 e. The first kappa shape index (κ1) is 7.21. The maximum atomic E-state index is 10.1. The van der Waals surface area contributed by atoms with E-state index in [4.69, 9.17) is 4.74 Å². The third kappa shape index (κ3) is 1.54. The van der Waals surface area contributed by atoms with Crippen molar-refractivity contribution in [3.8, 4) is 5.88 Å². The first-order chi connectivity index (χ1) is 4.86. The Balaban J connectivity index is 2.68. The fourth-order valence-corrected chi connectivity index (χ4v) is 1.08. The number of carbonyl (C=O) groups excluding carboxylic acids is 1. The molecule has 0 bridgehead atoms. The second-order valence-electron chi connectivity index (χ2n) is 1.57. The number of carbonyl (C=O) groups is 1. The van der Waals surface area contributed by atoms with Gasteiger partial charge in [0, 0.05) is 0 Å². The first-order valence-electron chi connectivity index (χ1n) is 2.90. The van der Waals surface area contributed by atoms with Crippen LogP contribution in [-0.2, 0) is 0 Å². The number of hydrogen-bond acceptors (Lipinski definition) is 4. The molecule has 4 heteroatoms. The van der Waals surface area contributed by atoms with Crippen LogP contribution in [0.2, 0.25) is 0 Å². The summed E-state index contributed by atoms with van der Waals surface area (Å²) in [7, 11) is 0. The molecule has 54 valence electrons. The summed E-state index contributed by atoms with van der Waals surface area (Å²) < 4.78 is 5.03. The minimum Gasteiger partial charge on any atom is -0.477 e. The zero-order chi connectivity index (χ0) is 7.40. The minimum atomic E-state index is 0.462.